The summed E-state index contributed by atoms with van der Waals surface area (Å²) in [4.78, 5) is 26.8. The maximum atomic E-state index is 13.0. The number of benzene rings is 1. The van der Waals surface area contributed by atoms with Crippen molar-refractivity contribution in [2.75, 3.05) is 24.5 Å². The Morgan fingerprint density at radius 1 is 1.31 bits per heavy atom. The van der Waals surface area contributed by atoms with Crippen LogP contribution in [-0.4, -0.2) is 45.0 Å². The van der Waals surface area contributed by atoms with Gasteiger partial charge in [0, 0.05) is 38.7 Å². The molecule has 0 N–H and O–H groups in total. The molecule has 152 valence electrons. The maximum absolute atomic E-state index is 13.0. The predicted octanol–water partition coefficient (Wildman–Crippen LogP) is 3.16. The molecule has 4 heterocycles. The number of fused-ring (bicyclic) bond motifs is 3. The molecular formula is C22H27N5O2. The summed E-state index contributed by atoms with van der Waals surface area (Å²) in [6.45, 7) is 6.29. The molecule has 0 aliphatic carbocycles. The van der Waals surface area contributed by atoms with Gasteiger partial charge in [-0.2, -0.15) is 4.98 Å². The summed E-state index contributed by atoms with van der Waals surface area (Å²) < 4.78 is 8.24. The average molecular weight is 393 g/mol. The number of carbonyl (C=O) groups excluding carboxylic acids is 1. The highest BCUT2D eigenvalue weighted by atomic mass is 16.4. The molecule has 3 aromatic rings. The van der Waals surface area contributed by atoms with Crippen molar-refractivity contribution in [2.45, 2.75) is 45.1 Å². The third-order valence-corrected chi connectivity index (χ3v) is 6.47. The van der Waals surface area contributed by atoms with E-state index in [9.17, 15) is 4.79 Å². The topological polar surface area (TPSA) is 67.4 Å². The van der Waals surface area contributed by atoms with Gasteiger partial charge in [-0.25, -0.2) is 4.98 Å². The van der Waals surface area contributed by atoms with Crippen LogP contribution < -0.4 is 4.90 Å². The van der Waals surface area contributed by atoms with Gasteiger partial charge < -0.3 is 18.8 Å². The summed E-state index contributed by atoms with van der Waals surface area (Å²) in [5.74, 6) is 0.221. The lowest BCUT2D eigenvalue weighted by Gasteiger charge is -2.44. The molecule has 2 aromatic heterocycles. The van der Waals surface area contributed by atoms with Crippen molar-refractivity contribution in [3.8, 4) is 0 Å². The Morgan fingerprint density at radius 3 is 2.97 bits per heavy atom. The second kappa shape index (κ2) is 6.61. The minimum Gasteiger partial charge on any atom is -0.423 e. The van der Waals surface area contributed by atoms with Gasteiger partial charge in [0.25, 0.3) is 6.01 Å². The quantitative estimate of drug-likeness (QED) is 0.684. The van der Waals surface area contributed by atoms with Crippen LogP contribution in [0, 0.1) is 6.92 Å². The fourth-order valence-electron chi connectivity index (χ4n) is 4.99. The van der Waals surface area contributed by atoms with E-state index in [0.29, 0.717) is 19.0 Å². The van der Waals surface area contributed by atoms with Crippen LogP contribution in [0.2, 0.25) is 0 Å². The molecule has 1 unspecified atom stereocenters. The Bertz CT molecular complexity index is 1080. The van der Waals surface area contributed by atoms with Crippen LogP contribution in [0.25, 0.3) is 11.1 Å². The number of hydrogen-bond acceptors (Lipinski definition) is 5. The number of carbonyl (C=O) groups is 1. The van der Waals surface area contributed by atoms with Crippen molar-refractivity contribution in [1.82, 2.24) is 19.4 Å². The minimum atomic E-state index is -0.406. The highest BCUT2D eigenvalue weighted by Crippen LogP contribution is 2.43. The van der Waals surface area contributed by atoms with Crippen LogP contribution in [0.5, 0.6) is 0 Å². The monoisotopic (exact) mass is 393 g/mol. The van der Waals surface area contributed by atoms with Gasteiger partial charge in [0.05, 0.1) is 18.6 Å². The SMILES string of the molecule is CCCC(=O)N1CCc2c(ncn2C)C12CCN(c1nc3cccc(C)c3o1)C2. The first-order valence-corrected chi connectivity index (χ1v) is 10.5. The number of oxazole rings is 1. The summed E-state index contributed by atoms with van der Waals surface area (Å²) in [5.41, 5.74) is 4.68. The number of para-hydroxylation sites is 1. The molecule has 7 nitrogen and oxygen atoms in total. The van der Waals surface area contributed by atoms with Gasteiger partial charge in [0.2, 0.25) is 5.91 Å². The third kappa shape index (κ3) is 2.67. The fraction of sp³-hybridized carbons (Fsp3) is 0.500. The van der Waals surface area contributed by atoms with E-state index in [1.165, 1.54) is 5.69 Å². The molecular weight excluding hydrogens is 366 g/mol. The lowest BCUT2D eigenvalue weighted by atomic mass is 9.85. The van der Waals surface area contributed by atoms with Crippen molar-refractivity contribution in [3.63, 3.8) is 0 Å². The normalized spacial score (nSPS) is 21.3. The van der Waals surface area contributed by atoms with Crippen molar-refractivity contribution in [2.24, 2.45) is 7.05 Å². The Morgan fingerprint density at radius 2 is 2.17 bits per heavy atom. The lowest BCUT2D eigenvalue weighted by Crippen LogP contribution is -2.55. The van der Waals surface area contributed by atoms with E-state index in [-0.39, 0.29) is 5.91 Å². The minimum absolute atomic E-state index is 0.221. The predicted molar refractivity (Wildman–Crippen MR) is 111 cm³/mol. The lowest BCUT2D eigenvalue weighted by molar-refractivity contribution is -0.138. The number of hydrogen-bond donors (Lipinski definition) is 0. The van der Waals surface area contributed by atoms with Gasteiger partial charge in [-0.05, 0) is 31.4 Å². The molecule has 5 rings (SSSR count). The number of aromatic nitrogens is 3. The molecule has 1 saturated heterocycles. The Kier molecular flexibility index (Phi) is 4.15. The van der Waals surface area contributed by atoms with Crippen LogP contribution in [0.15, 0.2) is 28.9 Å². The maximum Gasteiger partial charge on any atom is 0.298 e. The molecule has 1 amide bonds. The zero-order valence-electron chi connectivity index (χ0n) is 17.3. The molecule has 1 aromatic carbocycles. The van der Waals surface area contributed by atoms with Gasteiger partial charge in [0.1, 0.15) is 11.1 Å². The van der Waals surface area contributed by atoms with E-state index in [1.807, 2.05) is 38.5 Å². The van der Waals surface area contributed by atoms with Crippen molar-refractivity contribution >= 4 is 23.0 Å². The van der Waals surface area contributed by atoms with Crippen LogP contribution in [0.4, 0.5) is 6.01 Å². The second-order valence-electron chi connectivity index (χ2n) is 8.32. The second-order valence-corrected chi connectivity index (χ2v) is 8.32. The summed E-state index contributed by atoms with van der Waals surface area (Å²) >= 11 is 0. The van der Waals surface area contributed by atoms with E-state index in [4.69, 9.17) is 14.4 Å². The fourth-order valence-corrected chi connectivity index (χ4v) is 4.99. The molecule has 0 bridgehead atoms. The van der Waals surface area contributed by atoms with Crippen molar-refractivity contribution in [1.29, 1.82) is 0 Å². The first-order chi connectivity index (χ1) is 14.0. The number of anilines is 1. The summed E-state index contributed by atoms with van der Waals surface area (Å²) in [7, 11) is 2.04. The number of aryl methyl sites for hydroxylation is 2. The molecule has 0 saturated carbocycles. The van der Waals surface area contributed by atoms with Crippen LogP contribution >= 0.6 is 0 Å². The first-order valence-electron chi connectivity index (χ1n) is 10.5. The van der Waals surface area contributed by atoms with Crippen LogP contribution in [-0.2, 0) is 23.8 Å². The van der Waals surface area contributed by atoms with E-state index in [1.54, 1.807) is 0 Å². The van der Waals surface area contributed by atoms with Gasteiger partial charge in [0.15, 0.2) is 5.58 Å². The summed E-state index contributed by atoms with van der Waals surface area (Å²) in [6, 6.07) is 6.66. The van der Waals surface area contributed by atoms with Gasteiger partial charge in [-0.3, -0.25) is 4.79 Å². The zero-order valence-corrected chi connectivity index (χ0v) is 17.3. The van der Waals surface area contributed by atoms with Gasteiger partial charge in [-0.15, -0.1) is 0 Å². The standard InChI is InChI=1S/C22H27N5O2/c1-4-6-18(28)27-11-9-17-20(23-14-25(17)3)22(27)10-12-26(13-22)21-24-16-8-5-7-15(2)19(16)29-21/h5,7-8,14H,4,6,9-13H2,1-3H3. The van der Waals surface area contributed by atoms with Crippen molar-refractivity contribution in [3.05, 3.63) is 41.5 Å². The molecule has 29 heavy (non-hydrogen) atoms. The molecule has 1 atom stereocenters. The highest BCUT2D eigenvalue weighted by molar-refractivity contribution is 5.79. The summed E-state index contributed by atoms with van der Waals surface area (Å²) in [6.07, 6.45) is 5.00. The molecule has 2 aliphatic heterocycles. The highest BCUT2D eigenvalue weighted by Gasteiger charge is 2.52. The first kappa shape index (κ1) is 18.2. The van der Waals surface area contributed by atoms with Gasteiger partial charge in [-0.1, -0.05) is 19.1 Å². The van der Waals surface area contributed by atoms with E-state index >= 15 is 0 Å². The van der Waals surface area contributed by atoms with Crippen molar-refractivity contribution < 1.29 is 9.21 Å². The van der Waals surface area contributed by atoms with E-state index < -0.39 is 5.54 Å². The van der Waals surface area contributed by atoms with Gasteiger partial charge >= 0.3 is 0 Å². The molecule has 0 radical (unpaired) electrons. The number of rotatable bonds is 3. The molecule has 1 spiro atoms. The Labute approximate surface area is 170 Å². The smallest absolute Gasteiger partial charge is 0.298 e. The van der Waals surface area contributed by atoms with E-state index in [0.717, 1.165) is 54.7 Å². The third-order valence-electron chi connectivity index (χ3n) is 6.47. The number of nitrogens with zero attached hydrogens (tertiary/aromatic N) is 5. The number of imidazole rings is 1. The molecule has 7 heteroatoms. The number of amides is 1. The Hall–Kier alpha value is -2.83. The van der Waals surface area contributed by atoms with Crippen LogP contribution in [0.3, 0.4) is 0 Å². The van der Waals surface area contributed by atoms with Crippen LogP contribution in [0.1, 0.15) is 43.1 Å². The Balaban J connectivity index is 1.55. The zero-order chi connectivity index (χ0) is 20.2. The van der Waals surface area contributed by atoms with E-state index in [2.05, 4.69) is 21.3 Å². The molecule has 2 aliphatic rings. The molecule has 1 fully saturated rings. The average Bonchev–Trinajstić information content (AvgIpc) is 3.41. The summed E-state index contributed by atoms with van der Waals surface area (Å²) in [5, 5.41) is 0. The largest absolute Gasteiger partial charge is 0.423 e.